The summed E-state index contributed by atoms with van der Waals surface area (Å²) in [6.07, 6.45) is 7.63. The molecule has 0 unspecified atom stereocenters. The lowest BCUT2D eigenvalue weighted by Gasteiger charge is -2.32. The number of rotatable bonds is 4. The van der Waals surface area contributed by atoms with Crippen molar-refractivity contribution in [3.8, 4) is 0 Å². The third-order valence-corrected chi connectivity index (χ3v) is 5.05. The van der Waals surface area contributed by atoms with E-state index >= 15 is 0 Å². The zero-order valence-corrected chi connectivity index (χ0v) is 14.2. The highest BCUT2D eigenvalue weighted by Gasteiger charge is 2.20. The van der Waals surface area contributed by atoms with Gasteiger partial charge in [0.15, 0.2) is 0 Å². The maximum absolute atomic E-state index is 12.6. The first-order valence-corrected chi connectivity index (χ1v) is 8.85. The normalized spacial score (nSPS) is 16.3. The van der Waals surface area contributed by atoms with Crippen molar-refractivity contribution in [2.45, 2.75) is 25.9 Å². The summed E-state index contributed by atoms with van der Waals surface area (Å²) < 4.78 is 1.78. The second-order valence-corrected chi connectivity index (χ2v) is 6.79. The first kappa shape index (κ1) is 16.0. The van der Waals surface area contributed by atoms with Crippen molar-refractivity contribution in [1.29, 1.82) is 0 Å². The van der Waals surface area contributed by atoms with Gasteiger partial charge in [0.1, 0.15) is 0 Å². The summed E-state index contributed by atoms with van der Waals surface area (Å²) in [5.74, 6) is 0.536. The third kappa shape index (κ3) is 3.61. The molecule has 0 radical (unpaired) electrons. The molecule has 5 heteroatoms. The summed E-state index contributed by atoms with van der Waals surface area (Å²) in [5.41, 5.74) is 2.16. The van der Waals surface area contributed by atoms with Crippen LogP contribution < -0.4 is 5.56 Å². The summed E-state index contributed by atoms with van der Waals surface area (Å²) in [7, 11) is 0. The molecule has 0 spiro atoms. The molecule has 3 heterocycles. The molecule has 4 rings (SSSR count). The highest BCUT2D eigenvalue weighted by Crippen LogP contribution is 2.20. The van der Waals surface area contributed by atoms with Gasteiger partial charge >= 0.3 is 0 Å². The molecule has 0 N–H and O–H groups in total. The topological polar surface area (TPSA) is 51.0 Å². The number of aromatic nitrogens is 3. The van der Waals surface area contributed by atoms with Crippen LogP contribution in [0.25, 0.3) is 10.9 Å². The van der Waals surface area contributed by atoms with Gasteiger partial charge in [-0.25, -0.2) is 4.98 Å². The molecule has 3 aromatic rings. The van der Waals surface area contributed by atoms with Crippen LogP contribution in [0.2, 0.25) is 0 Å². The molecule has 1 aromatic carbocycles. The number of pyridine rings is 1. The Morgan fingerprint density at radius 2 is 1.80 bits per heavy atom. The van der Waals surface area contributed by atoms with Crippen molar-refractivity contribution in [2.24, 2.45) is 5.92 Å². The van der Waals surface area contributed by atoms with Gasteiger partial charge in [-0.1, -0.05) is 12.1 Å². The van der Waals surface area contributed by atoms with Gasteiger partial charge in [0.25, 0.3) is 5.56 Å². The lowest BCUT2D eigenvalue weighted by atomic mass is 9.96. The average molecular weight is 334 g/mol. The van der Waals surface area contributed by atoms with Crippen molar-refractivity contribution in [1.82, 2.24) is 19.4 Å². The average Bonchev–Trinajstić information content (AvgIpc) is 2.67. The lowest BCUT2D eigenvalue weighted by molar-refractivity contribution is 0.166. The second-order valence-electron chi connectivity index (χ2n) is 6.79. The van der Waals surface area contributed by atoms with Gasteiger partial charge in [-0.15, -0.1) is 0 Å². The first-order valence-electron chi connectivity index (χ1n) is 8.85. The number of nitrogens with zero attached hydrogens (tertiary/aromatic N) is 4. The summed E-state index contributed by atoms with van der Waals surface area (Å²) in [6, 6.07) is 11.7. The Labute approximate surface area is 147 Å². The van der Waals surface area contributed by atoms with Crippen molar-refractivity contribution in [3.63, 3.8) is 0 Å². The summed E-state index contributed by atoms with van der Waals surface area (Å²) >= 11 is 0. The van der Waals surface area contributed by atoms with Crippen molar-refractivity contribution in [2.75, 3.05) is 13.1 Å². The number of benzene rings is 1. The molecule has 0 amide bonds. The molecule has 1 saturated heterocycles. The van der Waals surface area contributed by atoms with Gasteiger partial charge in [-0.3, -0.25) is 19.2 Å². The Hall–Kier alpha value is -2.53. The van der Waals surface area contributed by atoms with E-state index in [9.17, 15) is 4.79 Å². The number of likely N-dealkylation sites (tertiary alicyclic amines) is 1. The highest BCUT2D eigenvalue weighted by atomic mass is 16.1. The zero-order chi connectivity index (χ0) is 17.1. The molecule has 1 aliphatic rings. The Balaban J connectivity index is 1.39. The largest absolute Gasteiger partial charge is 0.299 e. The van der Waals surface area contributed by atoms with Crippen LogP contribution in [0.15, 0.2) is 59.9 Å². The van der Waals surface area contributed by atoms with E-state index < -0.39 is 0 Å². The monoisotopic (exact) mass is 334 g/mol. The molecule has 0 atom stereocenters. The number of para-hydroxylation sites is 1. The van der Waals surface area contributed by atoms with E-state index in [0.29, 0.717) is 11.3 Å². The number of piperidine rings is 1. The Morgan fingerprint density at radius 1 is 1.04 bits per heavy atom. The van der Waals surface area contributed by atoms with Crippen LogP contribution in [-0.4, -0.2) is 32.5 Å². The minimum atomic E-state index is 0.0739. The van der Waals surface area contributed by atoms with Crippen LogP contribution in [0.4, 0.5) is 0 Å². The zero-order valence-electron chi connectivity index (χ0n) is 14.2. The van der Waals surface area contributed by atoms with Crippen molar-refractivity contribution >= 4 is 10.9 Å². The van der Waals surface area contributed by atoms with Gasteiger partial charge in [-0.05, 0) is 61.7 Å². The lowest BCUT2D eigenvalue weighted by Crippen LogP contribution is -2.36. The van der Waals surface area contributed by atoms with Crippen LogP contribution in [0.1, 0.15) is 18.4 Å². The van der Waals surface area contributed by atoms with Crippen LogP contribution in [0, 0.1) is 5.92 Å². The van der Waals surface area contributed by atoms with E-state index in [4.69, 9.17) is 0 Å². The molecule has 1 aliphatic heterocycles. The van der Waals surface area contributed by atoms with Gasteiger partial charge in [0, 0.05) is 25.5 Å². The van der Waals surface area contributed by atoms with E-state index in [1.54, 1.807) is 10.9 Å². The minimum absolute atomic E-state index is 0.0739. The fourth-order valence-corrected chi connectivity index (χ4v) is 3.59. The van der Waals surface area contributed by atoms with Gasteiger partial charge in [-0.2, -0.15) is 0 Å². The molecule has 0 bridgehead atoms. The molecular formula is C20H22N4O. The van der Waals surface area contributed by atoms with Crippen molar-refractivity contribution < 1.29 is 0 Å². The minimum Gasteiger partial charge on any atom is -0.299 e. The second kappa shape index (κ2) is 7.15. The predicted molar refractivity (Wildman–Crippen MR) is 98.2 cm³/mol. The number of hydrogen-bond acceptors (Lipinski definition) is 4. The maximum Gasteiger partial charge on any atom is 0.261 e. The van der Waals surface area contributed by atoms with Gasteiger partial charge in [0.05, 0.1) is 17.2 Å². The van der Waals surface area contributed by atoms with E-state index in [1.165, 1.54) is 5.56 Å². The van der Waals surface area contributed by atoms with Crippen LogP contribution >= 0.6 is 0 Å². The van der Waals surface area contributed by atoms with E-state index in [0.717, 1.165) is 44.5 Å². The highest BCUT2D eigenvalue weighted by molar-refractivity contribution is 5.76. The standard InChI is InChI=1S/C20H22N4O/c25-20-18-3-1-2-4-19(18)22-15-24(20)14-17-7-11-23(12-8-17)13-16-5-9-21-10-6-16/h1-6,9-10,15,17H,7-8,11-14H2. The third-order valence-electron chi connectivity index (χ3n) is 5.05. The molecule has 5 nitrogen and oxygen atoms in total. The number of hydrogen-bond donors (Lipinski definition) is 0. The summed E-state index contributed by atoms with van der Waals surface area (Å²) in [6.45, 7) is 3.89. The Kier molecular flexibility index (Phi) is 4.57. The fraction of sp³-hybridized carbons (Fsp3) is 0.350. The fourth-order valence-electron chi connectivity index (χ4n) is 3.59. The molecule has 1 fully saturated rings. The molecule has 0 aliphatic carbocycles. The molecular weight excluding hydrogens is 312 g/mol. The number of fused-ring (bicyclic) bond motifs is 1. The first-order chi connectivity index (χ1) is 12.3. The van der Waals surface area contributed by atoms with Crippen LogP contribution in [0.3, 0.4) is 0 Å². The van der Waals surface area contributed by atoms with E-state index in [-0.39, 0.29) is 5.56 Å². The summed E-state index contributed by atoms with van der Waals surface area (Å²) in [5, 5.41) is 0.708. The quantitative estimate of drug-likeness (QED) is 0.736. The smallest absolute Gasteiger partial charge is 0.261 e. The van der Waals surface area contributed by atoms with E-state index in [2.05, 4.69) is 27.0 Å². The molecule has 128 valence electrons. The predicted octanol–water partition coefficient (Wildman–Crippen LogP) is 2.70. The molecule has 25 heavy (non-hydrogen) atoms. The van der Waals surface area contributed by atoms with Gasteiger partial charge in [0.2, 0.25) is 0 Å². The molecule has 2 aromatic heterocycles. The van der Waals surface area contributed by atoms with Crippen LogP contribution in [0.5, 0.6) is 0 Å². The Morgan fingerprint density at radius 3 is 2.60 bits per heavy atom. The van der Waals surface area contributed by atoms with Crippen molar-refractivity contribution in [3.05, 3.63) is 71.0 Å². The SMILES string of the molecule is O=c1c2ccccc2ncn1CC1CCN(Cc2ccncc2)CC1. The van der Waals surface area contributed by atoms with Crippen LogP contribution in [-0.2, 0) is 13.1 Å². The maximum atomic E-state index is 12.6. The Bertz CT molecular complexity index is 898. The van der Waals surface area contributed by atoms with E-state index in [1.807, 2.05) is 36.7 Å². The summed E-state index contributed by atoms with van der Waals surface area (Å²) in [4.78, 5) is 23.6. The van der Waals surface area contributed by atoms with Gasteiger partial charge < -0.3 is 0 Å². The molecule has 0 saturated carbocycles.